The van der Waals surface area contributed by atoms with E-state index in [1.807, 2.05) is 0 Å². The van der Waals surface area contributed by atoms with Gasteiger partial charge in [-0.05, 0) is 51.0 Å². The Morgan fingerprint density at radius 2 is 2.00 bits per heavy atom. The Hall–Kier alpha value is -2.55. The van der Waals surface area contributed by atoms with E-state index in [0.717, 1.165) is 26.1 Å². The molecule has 1 aliphatic heterocycles. The number of aromatic nitrogens is 2. The maximum atomic E-state index is 12.4. The molecule has 1 aromatic carbocycles. The van der Waals surface area contributed by atoms with Crippen molar-refractivity contribution in [3.8, 4) is 17.0 Å². The van der Waals surface area contributed by atoms with Gasteiger partial charge in [-0.3, -0.25) is 9.89 Å². The highest BCUT2D eigenvalue weighted by molar-refractivity contribution is 5.90. The smallest absolute Gasteiger partial charge is 0.406 e. The zero-order valence-electron chi connectivity index (χ0n) is 15.4. The standard InChI is InChI=1S/C19H23F3N4O2/c20-19(21,22)28-15-7-4-6-14(12-15)16-13-17(25-24-16)23-18(27)8-5-11-26-9-2-1-3-10-26/h4,6-7,12-13H,1-3,5,8-11H2,(H2,23,24,25,27). The lowest BCUT2D eigenvalue weighted by atomic mass is 10.1. The molecule has 2 heterocycles. The van der Waals surface area contributed by atoms with Crippen molar-refractivity contribution in [1.82, 2.24) is 15.1 Å². The molecule has 3 rings (SSSR count). The van der Waals surface area contributed by atoms with E-state index in [9.17, 15) is 18.0 Å². The lowest BCUT2D eigenvalue weighted by Crippen LogP contribution is -2.31. The van der Waals surface area contributed by atoms with Gasteiger partial charge in [-0.1, -0.05) is 18.6 Å². The van der Waals surface area contributed by atoms with E-state index in [-0.39, 0.29) is 11.7 Å². The summed E-state index contributed by atoms with van der Waals surface area (Å²) in [4.78, 5) is 14.5. The highest BCUT2D eigenvalue weighted by Gasteiger charge is 2.31. The molecule has 28 heavy (non-hydrogen) atoms. The lowest BCUT2D eigenvalue weighted by Gasteiger charge is -2.26. The second kappa shape index (κ2) is 9.09. The number of halogens is 3. The molecule has 1 amide bonds. The van der Waals surface area contributed by atoms with Crippen LogP contribution in [-0.2, 0) is 4.79 Å². The van der Waals surface area contributed by atoms with E-state index in [1.54, 1.807) is 12.1 Å². The predicted octanol–water partition coefficient (Wildman–Crippen LogP) is 4.18. The van der Waals surface area contributed by atoms with E-state index >= 15 is 0 Å². The van der Waals surface area contributed by atoms with Crippen LogP contribution >= 0.6 is 0 Å². The zero-order valence-corrected chi connectivity index (χ0v) is 15.4. The van der Waals surface area contributed by atoms with Crippen LogP contribution in [0, 0.1) is 0 Å². The Balaban J connectivity index is 1.51. The lowest BCUT2D eigenvalue weighted by molar-refractivity contribution is -0.274. The van der Waals surface area contributed by atoms with E-state index < -0.39 is 6.36 Å². The monoisotopic (exact) mass is 396 g/mol. The summed E-state index contributed by atoms with van der Waals surface area (Å²) in [5, 5.41) is 9.43. The molecule has 0 spiro atoms. The number of anilines is 1. The number of H-pyrrole nitrogens is 1. The third kappa shape index (κ3) is 6.26. The van der Waals surface area contributed by atoms with E-state index in [0.29, 0.717) is 23.5 Å². The second-order valence-electron chi connectivity index (χ2n) is 6.80. The van der Waals surface area contributed by atoms with Crippen LogP contribution in [0.4, 0.5) is 19.0 Å². The predicted molar refractivity (Wildman–Crippen MR) is 98.9 cm³/mol. The van der Waals surface area contributed by atoms with Crippen molar-refractivity contribution in [2.24, 2.45) is 0 Å². The van der Waals surface area contributed by atoms with Crippen molar-refractivity contribution >= 4 is 11.7 Å². The molecule has 0 atom stereocenters. The highest BCUT2D eigenvalue weighted by Crippen LogP contribution is 2.28. The topological polar surface area (TPSA) is 70.2 Å². The van der Waals surface area contributed by atoms with Gasteiger partial charge in [0.15, 0.2) is 5.82 Å². The van der Waals surface area contributed by atoms with Crippen LogP contribution in [-0.4, -0.2) is 47.0 Å². The number of nitrogens with zero attached hydrogens (tertiary/aromatic N) is 2. The fraction of sp³-hybridized carbons (Fsp3) is 0.474. The summed E-state index contributed by atoms with van der Waals surface area (Å²) >= 11 is 0. The normalized spacial score (nSPS) is 15.4. The molecule has 152 valence electrons. The number of nitrogens with one attached hydrogen (secondary N) is 2. The summed E-state index contributed by atoms with van der Waals surface area (Å²) in [5.41, 5.74) is 0.955. The minimum Gasteiger partial charge on any atom is -0.406 e. The third-order valence-electron chi connectivity index (χ3n) is 4.55. The van der Waals surface area contributed by atoms with E-state index in [1.165, 1.54) is 37.5 Å². The number of aromatic amines is 1. The van der Waals surface area contributed by atoms with Gasteiger partial charge in [0.1, 0.15) is 5.75 Å². The molecule has 0 saturated carbocycles. The first kappa shape index (κ1) is 20.2. The number of alkyl halides is 3. The number of carbonyl (C=O) groups excluding carboxylic acids is 1. The minimum absolute atomic E-state index is 0.135. The molecule has 0 radical (unpaired) electrons. The van der Waals surface area contributed by atoms with Crippen molar-refractivity contribution in [3.05, 3.63) is 30.3 Å². The fourth-order valence-electron chi connectivity index (χ4n) is 3.25. The maximum absolute atomic E-state index is 12.4. The molecule has 2 aromatic rings. The van der Waals surface area contributed by atoms with Gasteiger partial charge in [-0.25, -0.2) is 0 Å². The van der Waals surface area contributed by atoms with Crippen molar-refractivity contribution in [3.63, 3.8) is 0 Å². The number of ether oxygens (including phenoxy) is 1. The first-order chi connectivity index (χ1) is 13.4. The van der Waals surface area contributed by atoms with Gasteiger partial charge in [0.2, 0.25) is 5.91 Å². The Morgan fingerprint density at radius 1 is 1.21 bits per heavy atom. The summed E-state index contributed by atoms with van der Waals surface area (Å²) in [7, 11) is 0. The molecule has 1 saturated heterocycles. The van der Waals surface area contributed by atoms with Gasteiger partial charge in [-0.2, -0.15) is 5.10 Å². The molecule has 1 fully saturated rings. The first-order valence-corrected chi connectivity index (χ1v) is 9.33. The third-order valence-corrected chi connectivity index (χ3v) is 4.55. The number of hydrogen-bond acceptors (Lipinski definition) is 4. The van der Waals surface area contributed by atoms with Gasteiger partial charge in [0.25, 0.3) is 0 Å². The van der Waals surface area contributed by atoms with Crippen molar-refractivity contribution < 1.29 is 22.7 Å². The summed E-state index contributed by atoms with van der Waals surface area (Å²) in [6.45, 7) is 3.11. The van der Waals surface area contributed by atoms with Crippen molar-refractivity contribution in [1.29, 1.82) is 0 Å². The quantitative estimate of drug-likeness (QED) is 0.737. The number of benzene rings is 1. The summed E-state index contributed by atoms with van der Waals surface area (Å²) in [6.07, 6.45) is 0.145. The second-order valence-corrected chi connectivity index (χ2v) is 6.80. The molecular formula is C19H23F3N4O2. The van der Waals surface area contributed by atoms with Crippen LogP contribution in [0.3, 0.4) is 0 Å². The zero-order chi connectivity index (χ0) is 20.0. The largest absolute Gasteiger partial charge is 0.573 e. The van der Waals surface area contributed by atoms with Crippen LogP contribution in [0.5, 0.6) is 5.75 Å². The van der Waals surface area contributed by atoms with Gasteiger partial charge in [0.05, 0.1) is 5.69 Å². The molecule has 2 N–H and O–H groups in total. The Kier molecular flexibility index (Phi) is 6.56. The first-order valence-electron chi connectivity index (χ1n) is 9.33. The van der Waals surface area contributed by atoms with Crippen LogP contribution in [0.2, 0.25) is 0 Å². The summed E-state index contributed by atoms with van der Waals surface area (Å²) in [6, 6.07) is 7.13. The Bertz CT molecular complexity index is 785. The molecule has 1 aliphatic rings. The van der Waals surface area contributed by atoms with Crippen LogP contribution in [0.1, 0.15) is 32.1 Å². The van der Waals surface area contributed by atoms with Gasteiger partial charge in [0, 0.05) is 18.1 Å². The minimum atomic E-state index is -4.75. The van der Waals surface area contributed by atoms with Crippen molar-refractivity contribution in [2.45, 2.75) is 38.5 Å². The molecule has 0 unspecified atom stereocenters. The van der Waals surface area contributed by atoms with Gasteiger partial charge in [-0.15, -0.1) is 13.2 Å². The van der Waals surface area contributed by atoms with Crippen molar-refractivity contribution in [2.75, 3.05) is 25.0 Å². The molecule has 1 aromatic heterocycles. The van der Waals surface area contributed by atoms with Crippen LogP contribution in [0.25, 0.3) is 11.3 Å². The van der Waals surface area contributed by atoms with Gasteiger partial charge >= 0.3 is 6.36 Å². The average Bonchev–Trinajstić information content (AvgIpc) is 3.10. The fourth-order valence-corrected chi connectivity index (χ4v) is 3.25. The number of hydrogen-bond donors (Lipinski definition) is 2. The summed E-state index contributed by atoms with van der Waals surface area (Å²) < 4.78 is 41.0. The van der Waals surface area contributed by atoms with E-state index in [4.69, 9.17) is 0 Å². The number of carbonyl (C=O) groups is 1. The number of likely N-dealkylation sites (tertiary alicyclic amines) is 1. The Morgan fingerprint density at radius 3 is 2.75 bits per heavy atom. The molecule has 0 aliphatic carbocycles. The molecule has 9 heteroatoms. The number of piperidine rings is 1. The summed E-state index contributed by atoms with van der Waals surface area (Å²) in [5.74, 6) is -0.118. The SMILES string of the molecule is O=C(CCCN1CCCCC1)Nc1cc(-c2cccc(OC(F)(F)F)c2)[nH]n1. The molecule has 0 bridgehead atoms. The highest BCUT2D eigenvalue weighted by atomic mass is 19.4. The Labute approximate surface area is 161 Å². The average molecular weight is 396 g/mol. The van der Waals surface area contributed by atoms with Crippen LogP contribution in [0.15, 0.2) is 30.3 Å². The molecular weight excluding hydrogens is 373 g/mol. The number of amides is 1. The van der Waals surface area contributed by atoms with E-state index in [2.05, 4.69) is 25.2 Å². The maximum Gasteiger partial charge on any atom is 0.573 e. The van der Waals surface area contributed by atoms with Crippen LogP contribution < -0.4 is 10.1 Å². The van der Waals surface area contributed by atoms with Gasteiger partial charge < -0.3 is 15.0 Å². The molecule has 6 nitrogen and oxygen atoms in total. The number of rotatable bonds is 7.